The van der Waals surface area contributed by atoms with Crippen LogP contribution in [0.5, 0.6) is 0 Å². The molecule has 37 heavy (non-hydrogen) atoms. The van der Waals surface area contributed by atoms with Gasteiger partial charge in [0.25, 0.3) is 0 Å². The van der Waals surface area contributed by atoms with Crippen LogP contribution in [0.3, 0.4) is 0 Å². The number of piperidine rings is 1. The molecule has 0 spiro atoms. The average molecular weight is 543 g/mol. The fourth-order valence-electron chi connectivity index (χ4n) is 4.22. The van der Waals surface area contributed by atoms with Crippen LogP contribution < -0.4 is 5.32 Å². The third kappa shape index (κ3) is 8.03. The van der Waals surface area contributed by atoms with Crippen LogP contribution in [-0.2, 0) is 14.4 Å². The van der Waals surface area contributed by atoms with Crippen LogP contribution in [0, 0.1) is 11.8 Å². The van der Waals surface area contributed by atoms with E-state index in [4.69, 9.17) is 23.2 Å². The molecule has 0 aromatic heterocycles. The van der Waals surface area contributed by atoms with Crippen LogP contribution in [0.15, 0.2) is 59.9 Å². The minimum absolute atomic E-state index is 0.0795. The maximum Gasteiger partial charge on any atom is 0.156 e. The monoisotopic (exact) mass is 541 g/mol. The molecule has 0 radical (unpaired) electrons. The van der Waals surface area contributed by atoms with Gasteiger partial charge in [-0.05, 0) is 47.5 Å². The van der Waals surface area contributed by atoms with Gasteiger partial charge in [-0.1, -0.05) is 47.5 Å². The van der Waals surface area contributed by atoms with Crippen LogP contribution in [0.4, 0.5) is 0 Å². The van der Waals surface area contributed by atoms with Crippen molar-refractivity contribution < 1.29 is 14.4 Å². The number of ketones is 3. The summed E-state index contributed by atoms with van der Waals surface area (Å²) in [5.74, 6) is -2.47. The smallest absolute Gasteiger partial charge is 0.156 e. The third-order valence-electron chi connectivity index (χ3n) is 6.38. The standard InChI is InChI=1S/C29H33Cl2N3O3/c1-33(2)23(13-19-7-5-9-21(30)11-19)15-27(35)25-17-32-18-26(29(25)37)28(36)16-24(34(3)4)14-20-8-6-10-22(31)12-20/h5-14,25-26,32H,15-18H2,1-4H3/b23-13+,24-14+. The van der Waals surface area contributed by atoms with Crippen molar-refractivity contribution >= 4 is 52.7 Å². The molecule has 1 fully saturated rings. The number of hydrogen-bond acceptors (Lipinski definition) is 6. The molecular weight excluding hydrogens is 509 g/mol. The molecule has 0 amide bonds. The summed E-state index contributed by atoms with van der Waals surface area (Å²) in [6.45, 7) is 0.469. The molecule has 2 unspecified atom stereocenters. The van der Waals surface area contributed by atoms with Crippen molar-refractivity contribution in [2.24, 2.45) is 11.8 Å². The lowest BCUT2D eigenvalue weighted by Crippen LogP contribution is -2.50. The van der Waals surface area contributed by atoms with E-state index >= 15 is 0 Å². The number of halogens is 2. The normalized spacial score (nSPS) is 18.5. The molecule has 1 heterocycles. The Labute approximate surface area is 228 Å². The highest BCUT2D eigenvalue weighted by molar-refractivity contribution is 6.31. The summed E-state index contributed by atoms with van der Waals surface area (Å²) >= 11 is 12.2. The lowest BCUT2D eigenvalue weighted by atomic mass is 9.81. The first kappa shape index (κ1) is 28.6. The van der Waals surface area contributed by atoms with Gasteiger partial charge in [-0.2, -0.15) is 0 Å². The van der Waals surface area contributed by atoms with Gasteiger partial charge in [-0.15, -0.1) is 0 Å². The fourth-order valence-corrected chi connectivity index (χ4v) is 4.62. The van der Waals surface area contributed by atoms with E-state index < -0.39 is 11.8 Å². The Bertz CT molecular complexity index is 1130. The van der Waals surface area contributed by atoms with Gasteiger partial charge in [0.2, 0.25) is 0 Å². The van der Waals surface area contributed by atoms with Crippen molar-refractivity contribution in [2.45, 2.75) is 12.8 Å². The van der Waals surface area contributed by atoms with Crippen LogP contribution in [0.1, 0.15) is 24.0 Å². The topological polar surface area (TPSA) is 69.7 Å². The number of hydrogen-bond donors (Lipinski definition) is 1. The fraction of sp³-hybridized carbons (Fsp3) is 0.345. The minimum Gasteiger partial charge on any atom is -0.381 e. The van der Waals surface area contributed by atoms with Gasteiger partial charge in [-0.3, -0.25) is 14.4 Å². The Morgan fingerprint density at radius 1 is 0.811 bits per heavy atom. The highest BCUT2D eigenvalue weighted by Gasteiger charge is 2.39. The summed E-state index contributed by atoms with van der Waals surface area (Å²) in [5, 5.41) is 4.34. The predicted molar refractivity (Wildman–Crippen MR) is 150 cm³/mol. The average Bonchev–Trinajstić information content (AvgIpc) is 2.83. The van der Waals surface area contributed by atoms with Crippen molar-refractivity contribution in [3.63, 3.8) is 0 Å². The molecule has 0 saturated carbocycles. The van der Waals surface area contributed by atoms with Crippen molar-refractivity contribution in [3.05, 3.63) is 81.1 Å². The number of allylic oxidation sites excluding steroid dienone is 2. The zero-order valence-electron chi connectivity index (χ0n) is 21.6. The molecule has 1 aliphatic rings. The second-order valence-corrected chi connectivity index (χ2v) is 10.5. The Morgan fingerprint density at radius 2 is 1.22 bits per heavy atom. The summed E-state index contributed by atoms with van der Waals surface area (Å²) in [5.41, 5.74) is 3.25. The van der Waals surface area contributed by atoms with E-state index in [2.05, 4.69) is 5.32 Å². The molecule has 8 heteroatoms. The van der Waals surface area contributed by atoms with Crippen LogP contribution in [0.25, 0.3) is 12.2 Å². The van der Waals surface area contributed by atoms with E-state index in [1.54, 1.807) is 12.1 Å². The Kier molecular flexibility index (Phi) is 10.1. The predicted octanol–water partition coefficient (Wildman–Crippen LogP) is 4.82. The molecule has 2 atom stereocenters. The quantitative estimate of drug-likeness (QED) is 0.435. The Balaban J connectivity index is 1.74. The molecule has 2 aromatic carbocycles. The zero-order valence-corrected chi connectivity index (χ0v) is 23.1. The minimum atomic E-state index is -0.870. The van der Waals surface area contributed by atoms with E-state index in [1.165, 1.54) is 0 Å². The van der Waals surface area contributed by atoms with Crippen LogP contribution in [0.2, 0.25) is 10.0 Å². The number of nitrogens with zero attached hydrogens (tertiary/aromatic N) is 2. The zero-order chi connectivity index (χ0) is 27.1. The Morgan fingerprint density at radius 3 is 1.57 bits per heavy atom. The van der Waals surface area contributed by atoms with E-state index in [0.717, 1.165) is 22.5 Å². The van der Waals surface area contributed by atoms with Gasteiger partial charge in [0.15, 0.2) is 5.78 Å². The largest absolute Gasteiger partial charge is 0.381 e. The molecule has 1 N–H and O–H groups in total. The third-order valence-corrected chi connectivity index (χ3v) is 6.85. The molecule has 3 rings (SSSR count). The SMILES string of the molecule is CN(C)/C(=C/c1cccc(Cl)c1)CC(=O)C1CNCC(C(=O)C/C(=C\c2cccc(Cl)c2)N(C)C)C1=O. The van der Waals surface area contributed by atoms with Crippen molar-refractivity contribution in [1.29, 1.82) is 0 Å². The molecule has 0 aliphatic carbocycles. The lowest BCUT2D eigenvalue weighted by molar-refractivity contribution is -0.140. The lowest BCUT2D eigenvalue weighted by Gasteiger charge is -2.29. The molecule has 1 saturated heterocycles. The van der Waals surface area contributed by atoms with Gasteiger partial charge < -0.3 is 15.1 Å². The number of nitrogens with one attached hydrogen (secondary N) is 1. The van der Waals surface area contributed by atoms with E-state index in [0.29, 0.717) is 10.0 Å². The first-order valence-electron chi connectivity index (χ1n) is 12.1. The number of carbonyl (C=O) groups is 3. The molecule has 6 nitrogen and oxygen atoms in total. The highest BCUT2D eigenvalue weighted by Crippen LogP contribution is 2.24. The summed E-state index contributed by atoms with van der Waals surface area (Å²) in [4.78, 5) is 43.5. The first-order valence-corrected chi connectivity index (χ1v) is 12.9. The van der Waals surface area contributed by atoms with Crippen LogP contribution in [-0.4, -0.2) is 68.4 Å². The number of carbonyl (C=O) groups excluding carboxylic acids is 3. The second-order valence-electron chi connectivity index (χ2n) is 9.62. The summed E-state index contributed by atoms with van der Waals surface area (Å²) < 4.78 is 0. The van der Waals surface area contributed by atoms with Gasteiger partial charge in [-0.25, -0.2) is 0 Å². The maximum absolute atomic E-state index is 13.3. The van der Waals surface area contributed by atoms with E-state index in [1.807, 2.05) is 86.5 Å². The summed E-state index contributed by atoms with van der Waals surface area (Å²) in [6.07, 6.45) is 3.93. The van der Waals surface area contributed by atoms with E-state index in [-0.39, 0.29) is 43.3 Å². The molecular formula is C29H33Cl2N3O3. The second kappa shape index (κ2) is 13.0. The van der Waals surface area contributed by atoms with Gasteiger partial charge in [0.1, 0.15) is 11.6 Å². The Hall–Kier alpha value is -2.93. The van der Waals surface area contributed by atoms with Gasteiger partial charge in [0.05, 0.1) is 11.8 Å². The van der Waals surface area contributed by atoms with Gasteiger partial charge in [0, 0.05) is 75.6 Å². The first-order chi connectivity index (χ1) is 17.5. The highest BCUT2D eigenvalue weighted by atomic mass is 35.5. The van der Waals surface area contributed by atoms with Gasteiger partial charge >= 0.3 is 0 Å². The van der Waals surface area contributed by atoms with Crippen molar-refractivity contribution in [3.8, 4) is 0 Å². The number of benzene rings is 2. The molecule has 2 aromatic rings. The number of Topliss-reactive ketones (excluding diaryl/α,β-unsaturated/α-hetero) is 3. The molecule has 196 valence electrons. The summed E-state index contributed by atoms with van der Waals surface area (Å²) in [6, 6.07) is 14.7. The van der Waals surface area contributed by atoms with Crippen molar-refractivity contribution in [2.75, 3.05) is 41.3 Å². The molecule has 1 aliphatic heterocycles. The number of rotatable bonds is 10. The van der Waals surface area contributed by atoms with Crippen molar-refractivity contribution in [1.82, 2.24) is 15.1 Å². The van der Waals surface area contributed by atoms with E-state index in [9.17, 15) is 14.4 Å². The molecule has 0 bridgehead atoms. The maximum atomic E-state index is 13.3. The van der Waals surface area contributed by atoms with Crippen LogP contribution >= 0.6 is 23.2 Å². The summed E-state index contributed by atoms with van der Waals surface area (Å²) in [7, 11) is 7.41.